The molecule has 1 fully saturated rings. The predicted molar refractivity (Wildman–Crippen MR) is 65.7 cm³/mol. The van der Waals surface area contributed by atoms with Crippen LogP contribution in [0, 0.1) is 5.92 Å². The van der Waals surface area contributed by atoms with Gasteiger partial charge in [0.05, 0.1) is 24.1 Å². The van der Waals surface area contributed by atoms with E-state index < -0.39 is 0 Å². The van der Waals surface area contributed by atoms with E-state index in [1.54, 1.807) is 0 Å². The Hall–Kier alpha value is -0.720. The smallest absolute Gasteiger partial charge is 0.244 e. The Morgan fingerprint density at radius 3 is 2.69 bits per heavy atom. The van der Waals surface area contributed by atoms with Gasteiger partial charge < -0.3 is 10.5 Å². The molecule has 1 rings (SSSR count). The number of nitrogens with one attached hydrogen (secondary N) is 1. The molecule has 0 aromatic heterocycles. The molecule has 1 atom stereocenters. The fraction of sp³-hybridized carbons (Fsp3) is 0.800. The standard InChI is InChI=1S/C10H19N3O2S/c1-2-3-8(9(11)16)10(14)12-13-4-6-15-7-5-13/h8H,2-7H2,1H3,(H2,11,16)(H,12,14). The third-order valence-corrected chi connectivity index (χ3v) is 2.80. The molecule has 0 aromatic rings. The number of hydrogen-bond acceptors (Lipinski definition) is 4. The first-order valence-electron chi connectivity index (χ1n) is 5.57. The van der Waals surface area contributed by atoms with E-state index in [0.29, 0.717) is 32.7 Å². The van der Waals surface area contributed by atoms with Gasteiger partial charge in [0.2, 0.25) is 5.91 Å². The minimum absolute atomic E-state index is 0.101. The van der Waals surface area contributed by atoms with Crippen molar-refractivity contribution in [3.8, 4) is 0 Å². The maximum atomic E-state index is 11.9. The quantitative estimate of drug-likeness (QED) is 0.670. The second kappa shape index (κ2) is 6.78. The molecule has 16 heavy (non-hydrogen) atoms. The summed E-state index contributed by atoms with van der Waals surface area (Å²) in [5.41, 5.74) is 8.39. The van der Waals surface area contributed by atoms with Gasteiger partial charge in [-0.25, -0.2) is 5.01 Å². The predicted octanol–water partition coefficient (Wildman–Crippen LogP) is 0.0522. The highest BCUT2D eigenvalue weighted by Crippen LogP contribution is 2.07. The van der Waals surface area contributed by atoms with Crippen molar-refractivity contribution < 1.29 is 9.53 Å². The van der Waals surface area contributed by atoms with Gasteiger partial charge in [-0.3, -0.25) is 10.2 Å². The molecule has 0 saturated carbocycles. The lowest BCUT2D eigenvalue weighted by molar-refractivity contribution is -0.130. The SMILES string of the molecule is CCCC(C(=O)NN1CCOCC1)C(N)=S. The lowest BCUT2D eigenvalue weighted by atomic mass is 10.0. The molecule has 3 N–H and O–H groups in total. The van der Waals surface area contributed by atoms with Gasteiger partial charge in [0.25, 0.3) is 0 Å². The molecule has 1 heterocycles. The minimum Gasteiger partial charge on any atom is -0.393 e. The highest BCUT2D eigenvalue weighted by Gasteiger charge is 2.22. The van der Waals surface area contributed by atoms with Crippen LogP contribution in [-0.2, 0) is 9.53 Å². The van der Waals surface area contributed by atoms with E-state index >= 15 is 0 Å². The van der Waals surface area contributed by atoms with Crippen LogP contribution in [0.25, 0.3) is 0 Å². The molecule has 5 nitrogen and oxygen atoms in total. The van der Waals surface area contributed by atoms with E-state index in [0.717, 1.165) is 6.42 Å². The van der Waals surface area contributed by atoms with Gasteiger partial charge in [-0.1, -0.05) is 25.6 Å². The maximum Gasteiger partial charge on any atom is 0.244 e. The third kappa shape index (κ3) is 4.03. The summed E-state index contributed by atoms with van der Waals surface area (Å²) >= 11 is 4.90. The van der Waals surface area contributed by atoms with Crippen LogP contribution >= 0.6 is 12.2 Å². The van der Waals surface area contributed by atoms with Crippen LogP contribution in [0.15, 0.2) is 0 Å². The van der Waals surface area contributed by atoms with Gasteiger partial charge >= 0.3 is 0 Å². The van der Waals surface area contributed by atoms with Crippen molar-refractivity contribution in [2.24, 2.45) is 11.7 Å². The van der Waals surface area contributed by atoms with Crippen LogP contribution < -0.4 is 11.2 Å². The average Bonchev–Trinajstić information content (AvgIpc) is 2.26. The van der Waals surface area contributed by atoms with E-state index in [4.69, 9.17) is 22.7 Å². The Morgan fingerprint density at radius 2 is 2.19 bits per heavy atom. The van der Waals surface area contributed by atoms with Crippen LogP contribution in [-0.4, -0.2) is 42.2 Å². The number of nitrogens with zero attached hydrogens (tertiary/aromatic N) is 1. The molecule has 1 aliphatic heterocycles. The molecule has 0 bridgehead atoms. The van der Waals surface area contributed by atoms with Crippen molar-refractivity contribution in [1.29, 1.82) is 0 Å². The molecule has 0 aromatic carbocycles. The summed E-state index contributed by atoms with van der Waals surface area (Å²) < 4.78 is 5.19. The van der Waals surface area contributed by atoms with Crippen LogP contribution in [0.3, 0.4) is 0 Å². The molecule has 1 saturated heterocycles. The highest BCUT2D eigenvalue weighted by molar-refractivity contribution is 7.80. The summed E-state index contributed by atoms with van der Waals surface area (Å²) in [5.74, 6) is -0.459. The summed E-state index contributed by atoms with van der Waals surface area (Å²) in [6.07, 6.45) is 1.59. The number of carbonyl (C=O) groups is 1. The molecule has 0 spiro atoms. The average molecular weight is 245 g/mol. The monoisotopic (exact) mass is 245 g/mol. The number of ether oxygens (including phenoxy) is 1. The second-order valence-corrected chi connectivity index (χ2v) is 4.29. The Bertz CT molecular complexity index is 254. The molecule has 1 aliphatic rings. The van der Waals surface area contributed by atoms with Crippen molar-refractivity contribution in [3.63, 3.8) is 0 Å². The lowest BCUT2D eigenvalue weighted by Crippen LogP contribution is -2.51. The topological polar surface area (TPSA) is 67.6 Å². The number of amides is 1. The van der Waals surface area contributed by atoms with E-state index in [-0.39, 0.29) is 16.8 Å². The largest absolute Gasteiger partial charge is 0.393 e. The van der Waals surface area contributed by atoms with Gasteiger partial charge in [0, 0.05) is 13.1 Å². The highest BCUT2D eigenvalue weighted by atomic mass is 32.1. The number of thiocarbonyl (C=S) groups is 1. The zero-order chi connectivity index (χ0) is 12.0. The van der Waals surface area contributed by atoms with Crippen molar-refractivity contribution in [2.45, 2.75) is 19.8 Å². The molecular weight excluding hydrogens is 226 g/mol. The fourth-order valence-corrected chi connectivity index (χ4v) is 1.83. The summed E-state index contributed by atoms with van der Waals surface area (Å²) in [7, 11) is 0. The van der Waals surface area contributed by atoms with E-state index in [1.165, 1.54) is 0 Å². The zero-order valence-corrected chi connectivity index (χ0v) is 10.4. The number of hydrazine groups is 1. The molecule has 92 valence electrons. The molecule has 0 radical (unpaired) electrons. The minimum atomic E-state index is -0.358. The van der Waals surface area contributed by atoms with Gasteiger partial charge in [-0.15, -0.1) is 0 Å². The normalized spacial score (nSPS) is 19.1. The van der Waals surface area contributed by atoms with Crippen molar-refractivity contribution in [3.05, 3.63) is 0 Å². The molecule has 1 unspecified atom stereocenters. The molecular formula is C10H19N3O2S. The summed E-state index contributed by atoms with van der Waals surface area (Å²) in [6.45, 7) is 4.72. The van der Waals surface area contributed by atoms with Crippen LogP contribution in [0.5, 0.6) is 0 Å². The number of morpholine rings is 1. The first kappa shape index (κ1) is 13.3. The molecule has 6 heteroatoms. The molecule has 0 aliphatic carbocycles. The Balaban J connectivity index is 2.44. The first-order valence-corrected chi connectivity index (χ1v) is 5.98. The maximum absolute atomic E-state index is 11.9. The Morgan fingerprint density at radius 1 is 1.56 bits per heavy atom. The van der Waals surface area contributed by atoms with Crippen molar-refractivity contribution in [2.75, 3.05) is 26.3 Å². The van der Waals surface area contributed by atoms with Crippen molar-refractivity contribution >= 4 is 23.1 Å². The van der Waals surface area contributed by atoms with Gasteiger partial charge in [0.1, 0.15) is 0 Å². The Labute approximate surface area is 101 Å². The van der Waals surface area contributed by atoms with Crippen molar-refractivity contribution in [1.82, 2.24) is 10.4 Å². The van der Waals surface area contributed by atoms with Gasteiger partial charge in [-0.2, -0.15) is 0 Å². The lowest BCUT2D eigenvalue weighted by Gasteiger charge is -2.28. The number of nitrogens with two attached hydrogens (primary N) is 1. The third-order valence-electron chi connectivity index (χ3n) is 2.52. The number of hydrogen-bond donors (Lipinski definition) is 2. The molecule has 1 amide bonds. The summed E-state index contributed by atoms with van der Waals surface area (Å²) in [4.78, 5) is 12.2. The number of carbonyl (C=O) groups excluding carboxylic acids is 1. The fourth-order valence-electron chi connectivity index (χ4n) is 1.60. The number of rotatable bonds is 5. The Kier molecular flexibility index (Phi) is 5.65. The van der Waals surface area contributed by atoms with Gasteiger partial charge in [-0.05, 0) is 6.42 Å². The van der Waals surface area contributed by atoms with Crippen LogP contribution in [0.2, 0.25) is 0 Å². The van der Waals surface area contributed by atoms with Crippen LogP contribution in [0.1, 0.15) is 19.8 Å². The van der Waals surface area contributed by atoms with E-state index in [9.17, 15) is 4.79 Å². The summed E-state index contributed by atoms with van der Waals surface area (Å²) in [5, 5.41) is 1.85. The van der Waals surface area contributed by atoms with Gasteiger partial charge in [0.15, 0.2) is 0 Å². The van der Waals surface area contributed by atoms with Crippen LogP contribution in [0.4, 0.5) is 0 Å². The van der Waals surface area contributed by atoms with E-state index in [1.807, 2.05) is 11.9 Å². The first-order chi connectivity index (χ1) is 7.65. The second-order valence-electron chi connectivity index (χ2n) is 3.82. The zero-order valence-electron chi connectivity index (χ0n) is 9.57. The summed E-state index contributed by atoms with van der Waals surface area (Å²) in [6, 6.07) is 0. The van der Waals surface area contributed by atoms with E-state index in [2.05, 4.69) is 5.43 Å².